The molecule has 2 aromatic rings. The number of para-hydroxylation sites is 2. The van der Waals surface area contributed by atoms with Crippen LogP contribution in [0, 0.1) is 0 Å². The summed E-state index contributed by atoms with van der Waals surface area (Å²) in [6.45, 7) is 4.41. The molecule has 0 spiro atoms. The van der Waals surface area contributed by atoms with Crippen LogP contribution in [-0.4, -0.2) is 51.5 Å². The molecule has 1 unspecified atom stereocenters. The number of rotatable bonds is 9. The molecule has 0 fully saturated rings. The lowest BCUT2D eigenvalue weighted by Gasteiger charge is -2.30. The lowest BCUT2D eigenvalue weighted by molar-refractivity contribution is -0.120. The number of likely N-dealkylation sites (N-methyl/N-ethyl adjacent to an activating group) is 1. The summed E-state index contributed by atoms with van der Waals surface area (Å²) in [6.07, 6.45) is -0.0811. The molecule has 0 saturated heterocycles. The van der Waals surface area contributed by atoms with Crippen LogP contribution in [-0.2, 0) is 21.4 Å². The van der Waals surface area contributed by atoms with Gasteiger partial charge in [-0.05, 0) is 30.3 Å². The third-order valence-electron chi connectivity index (χ3n) is 5.01. The Hall–Kier alpha value is -2.78. The van der Waals surface area contributed by atoms with Gasteiger partial charge in [0, 0.05) is 25.1 Å². The maximum absolute atomic E-state index is 13.3. The molecule has 3 rings (SSSR count). The summed E-state index contributed by atoms with van der Waals surface area (Å²) in [5.74, 6) is 1.64. The van der Waals surface area contributed by atoms with E-state index in [1.165, 1.54) is 17.5 Å². The van der Waals surface area contributed by atoms with Crippen LogP contribution in [0.2, 0.25) is 0 Å². The standard InChI is InChI=1S/C22H28N2O6S/c1-4-22(25)23-13-16-12-18(10-11-19(16)28-3)31(26,27)24(5-2)14-17-15-29-20-8-6-7-9-21(20)30-17/h6-12,17H,4-5,13-15H2,1-3H3,(H,23,25). The normalized spacial score (nSPS) is 15.5. The van der Waals surface area contributed by atoms with E-state index in [-0.39, 0.29) is 37.0 Å². The monoisotopic (exact) mass is 448 g/mol. The van der Waals surface area contributed by atoms with Crippen molar-refractivity contribution in [2.45, 2.75) is 37.8 Å². The number of ether oxygens (including phenoxy) is 3. The molecule has 168 valence electrons. The zero-order chi connectivity index (χ0) is 22.4. The number of hydrogen-bond donors (Lipinski definition) is 1. The second kappa shape index (κ2) is 10.0. The van der Waals surface area contributed by atoms with Gasteiger partial charge in [-0.2, -0.15) is 4.31 Å². The van der Waals surface area contributed by atoms with Crippen molar-refractivity contribution >= 4 is 15.9 Å². The molecule has 0 bridgehead atoms. The summed E-state index contributed by atoms with van der Waals surface area (Å²) in [7, 11) is -2.28. The number of hydrogen-bond acceptors (Lipinski definition) is 6. The SMILES string of the molecule is CCC(=O)NCc1cc(S(=O)(=O)N(CC)CC2COc3ccccc3O2)ccc1OC. The maximum atomic E-state index is 13.3. The van der Waals surface area contributed by atoms with Gasteiger partial charge in [0.1, 0.15) is 18.5 Å². The van der Waals surface area contributed by atoms with E-state index in [0.717, 1.165) is 0 Å². The van der Waals surface area contributed by atoms with Gasteiger partial charge in [-0.15, -0.1) is 0 Å². The molecule has 31 heavy (non-hydrogen) atoms. The third-order valence-corrected chi connectivity index (χ3v) is 6.95. The summed E-state index contributed by atoms with van der Waals surface area (Å²) >= 11 is 0. The van der Waals surface area contributed by atoms with Crippen LogP contribution >= 0.6 is 0 Å². The highest BCUT2D eigenvalue weighted by Gasteiger charge is 2.30. The average molecular weight is 449 g/mol. The Morgan fingerprint density at radius 1 is 1.19 bits per heavy atom. The highest BCUT2D eigenvalue weighted by Crippen LogP contribution is 2.32. The molecule has 1 aliphatic heterocycles. The number of benzene rings is 2. The predicted octanol–water partition coefficient (Wildman–Crippen LogP) is 2.57. The number of sulfonamides is 1. The Bertz CT molecular complexity index is 1020. The molecule has 8 nitrogen and oxygen atoms in total. The summed E-state index contributed by atoms with van der Waals surface area (Å²) < 4.78 is 45.0. The number of amides is 1. The van der Waals surface area contributed by atoms with Gasteiger partial charge in [-0.3, -0.25) is 4.79 Å². The average Bonchev–Trinajstić information content (AvgIpc) is 2.80. The van der Waals surface area contributed by atoms with Crippen molar-refractivity contribution < 1.29 is 27.4 Å². The van der Waals surface area contributed by atoms with Crippen LogP contribution in [0.5, 0.6) is 17.2 Å². The number of nitrogens with one attached hydrogen (secondary N) is 1. The van der Waals surface area contributed by atoms with Crippen LogP contribution < -0.4 is 19.5 Å². The van der Waals surface area contributed by atoms with E-state index in [4.69, 9.17) is 14.2 Å². The van der Waals surface area contributed by atoms with E-state index in [9.17, 15) is 13.2 Å². The van der Waals surface area contributed by atoms with Crippen LogP contribution in [0.3, 0.4) is 0 Å². The minimum absolute atomic E-state index is 0.125. The molecule has 1 amide bonds. The lowest BCUT2D eigenvalue weighted by atomic mass is 10.2. The van der Waals surface area contributed by atoms with Crippen molar-refractivity contribution in [3.8, 4) is 17.2 Å². The topological polar surface area (TPSA) is 94.2 Å². The third kappa shape index (κ3) is 5.29. The van der Waals surface area contributed by atoms with Gasteiger partial charge in [-0.1, -0.05) is 26.0 Å². The van der Waals surface area contributed by atoms with Crippen molar-refractivity contribution in [1.29, 1.82) is 0 Å². The van der Waals surface area contributed by atoms with Gasteiger partial charge < -0.3 is 19.5 Å². The first-order chi connectivity index (χ1) is 14.9. The lowest BCUT2D eigenvalue weighted by Crippen LogP contribution is -2.43. The van der Waals surface area contributed by atoms with Gasteiger partial charge in [0.15, 0.2) is 11.5 Å². The fourth-order valence-electron chi connectivity index (χ4n) is 3.30. The summed E-state index contributed by atoms with van der Waals surface area (Å²) in [5.41, 5.74) is 0.590. The minimum atomic E-state index is -3.79. The van der Waals surface area contributed by atoms with E-state index in [0.29, 0.717) is 29.2 Å². The van der Waals surface area contributed by atoms with Crippen LogP contribution in [0.25, 0.3) is 0 Å². The van der Waals surface area contributed by atoms with E-state index in [2.05, 4.69) is 5.32 Å². The second-order valence-corrected chi connectivity index (χ2v) is 9.00. The van der Waals surface area contributed by atoms with Gasteiger partial charge in [0.2, 0.25) is 15.9 Å². The molecule has 0 saturated carbocycles. The first kappa shape index (κ1) is 22.9. The molecule has 9 heteroatoms. The maximum Gasteiger partial charge on any atom is 0.243 e. The Kier molecular flexibility index (Phi) is 7.40. The fourth-order valence-corrected chi connectivity index (χ4v) is 4.83. The quantitative estimate of drug-likeness (QED) is 0.634. The molecular weight excluding hydrogens is 420 g/mol. The largest absolute Gasteiger partial charge is 0.496 e. The molecule has 0 aliphatic carbocycles. The molecule has 1 aliphatic rings. The van der Waals surface area contributed by atoms with Gasteiger partial charge in [-0.25, -0.2) is 8.42 Å². The van der Waals surface area contributed by atoms with E-state index in [1.54, 1.807) is 32.0 Å². The Morgan fingerprint density at radius 2 is 1.94 bits per heavy atom. The van der Waals surface area contributed by atoms with Gasteiger partial charge >= 0.3 is 0 Å². The van der Waals surface area contributed by atoms with Crippen molar-refractivity contribution in [2.75, 3.05) is 26.8 Å². The highest BCUT2D eigenvalue weighted by molar-refractivity contribution is 7.89. The number of nitrogens with zero attached hydrogens (tertiary/aromatic N) is 1. The Morgan fingerprint density at radius 3 is 2.61 bits per heavy atom. The number of fused-ring (bicyclic) bond motifs is 1. The zero-order valence-corrected chi connectivity index (χ0v) is 18.8. The molecule has 1 N–H and O–H groups in total. The highest BCUT2D eigenvalue weighted by atomic mass is 32.2. The summed E-state index contributed by atoms with van der Waals surface area (Å²) in [6, 6.07) is 12.0. The predicted molar refractivity (Wildman–Crippen MR) is 116 cm³/mol. The van der Waals surface area contributed by atoms with E-state index >= 15 is 0 Å². The van der Waals surface area contributed by atoms with Crippen LogP contribution in [0.15, 0.2) is 47.4 Å². The number of methoxy groups -OCH3 is 1. The van der Waals surface area contributed by atoms with Crippen molar-refractivity contribution in [3.05, 3.63) is 48.0 Å². The van der Waals surface area contributed by atoms with Crippen molar-refractivity contribution in [2.24, 2.45) is 0 Å². The molecular formula is C22H28N2O6S. The Balaban J connectivity index is 1.79. The Labute approximate surface area is 183 Å². The smallest absolute Gasteiger partial charge is 0.243 e. The first-order valence-corrected chi connectivity index (χ1v) is 11.6. The molecule has 0 radical (unpaired) electrons. The van der Waals surface area contributed by atoms with Crippen LogP contribution in [0.1, 0.15) is 25.8 Å². The summed E-state index contributed by atoms with van der Waals surface area (Å²) in [4.78, 5) is 11.8. The minimum Gasteiger partial charge on any atom is -0.496 e. The second-order valence-electron chi connectivity index (χ2n) is 7.06. The number of carbonyl (C=O) groups excluding carboxylic acids is 1. The molecule has 1 heterocycles. The first-order valence-electron chi connectivity index (χ1n) is 10.2. The molecule has 0 aromatic heterocycles. The number of carbonyl (C=O) groups is 1. The van der Waals surface area contributed by atoms with E-state index < -0.39 is 16.1 Å². The van der Waals surface area contributed by atoms with E-state index in [1.807, 2.05) is 18.2 Å². The molecule has 2 aromatic carbocycles. The van der Waals surface area contributed by atoms with Crippen molar-refractivity contribution in [3.63, 3.8) is 0 Å². The molecule has 1 atom stereocenters. The van der Waals surface area contributed by atoms with Crippen molar-refractivity contribution in [1.82, 2.24) is 9.62 Å². The van der Waals surface area contributed by atoms with Gasteiger partial charge in [0.25, 0.3) is 0 Å². The van der Waals surface area contributed by atoms with Gasteiger partial charge in [0.05, 0.1) is 18.6 Å². The zero-order valence-electron chi connectivity index (χ0n) is 18.0. The van der Waals surface area contributed by atoms with Crippen LogP contribution in [0.4, 0.5) is 0 Å². The summed E-state index contributed by atoms with van der Waals surface area (Å²) in [5, 5.41) is 2.76. The fraction of sp³-hybridized carbons (Fsp3) is 0.409.